The zero-order chi connectivity index (χ0) is 10.5. The van der Waals surface area contributed by atoms with Crippen LogP contribution in [0, 0.1) is 0 Å². The van der Waals surface area contributed by atoms with Crippen molar-refractivity contribution in [3.8, 4) is 0 Å². The second-order valence-corrected chi connectivity index (χ2v) is 10.0. The summed E-state index contributed by atoms with van der Waals surface area (Å²) in [6.07, 6.45) is 2.75. The highest BCUT2D eigenvalue weighted by atomic mass is 32.3. The van der Waals surface area contributed by atoms with Gasteiger partial charge in [0.25, 0.3) is 0 Å². The van der Waals surface area contributed by atoms with E-state index in [-0.39, 0.29) is 5.54 Å². The Bertz CT molecular complexity index is 231. The topological polar surface area (TPSA) is 41.1 Å². The predicted molar refractivity (Wildman–Crippen MR) is 63.0 cm³/mol. The third-order valence-corrected chi connectivity index (χ3v) is 2.84. The minimum atomic E-state index is -1.74. The van der Waals surface area contributed by atoms with Crippen molar-refractivity contribution in [2.75, 3.05) is 19.3 Å². The highest BCUT2D eigenvalue weighted by molar-refractivity contribution is 8.02. The number of hydrogen-bond acceptors (Lipinski definition) is 2. The molecule has 0 saturated heterocycles. The summed E-state index contributed by atoms with van der Waals surface area (Å²) in [5, 5.41) is 3.38. The van der Waals surface area contributed by atoms with Gasteiger partial charge in [0.2, 0.25) is 0 Å². The maximum Gasteiger partial charge on any atom is 0.0670 e. The second kappa shape index (κ2) is 5.24. The lowest BCUT2D eigenvalue weighted by molar-refractivity contribution is 0.422. The Morgan fingerprint density at radius 3 is 2.23 bits per heavy atom. The zero-order valence-corrected chi connectivity index (χ0v) is 11.4. The first kappa shape index (κ1) is 13.3. The Morgan fingerprint density at radius 2 is 1.85 bits per heavy atom. The van der Waals surface area contributed by atoms with Crippen LogP contribution in [0.1, 0.15) is 27.2 Å². The second-order valence-electron chi connectivity index (χ2n) is 4.43. The van der Waals surface area contributed by atoms with E-state index in [1.165, 1.54) is 8.95 Å². The van der Waals surface area contributed by atoms with E-state index >= 15 is 0 Å². The van der Waals surface area contributed by atoms with Crippen LogP contribution < -0.4 is 10.0 Å². The summed E-state index contributed by atoms with van der Waals surface area (Å²) in [6.45, 7) is 8.22. The van der Waals surface area contributed by atoms with Gasteiger partial charge in [0.05, 0.1) is 8.95 Å². The standard InChI is InChI=1S/C8H22N2OSSi/c1-8(2,3)9-6-5-7-10-12(4,11)13/h9H,5-7,13H2,1-4H3,(H,10,11). The van der Waals surface area contributed by atoms with E-state index in [4.69, 9.17) is 0 Å². The first-order valence-electron chi connectivity index (χ1n) is 4.52. The summed E-state index contributed by atoms with van der Waals surface area (Å²) < 4.78 is 14.2. The molecule has 0 aliphatic carbocycles. The lowest BCUT2D eigenvalue weighted by atomic mass is 10.1. The summed E-state index contributed by atoms with van der Waals surface area (Å²) in [4.78, 5) is 0. The van der Waals surface area contributed by atoms with Crippen LogP contribution in [-0.4, -0.2) is 38.0 Å². The van der Waals surface area contributed by atoms with Crippen LogP contribution in [0.2, 0.25) is 0 Å². The van der Waals surface area contributed by atoms with Crippen molar-refractivity contribution in [1.82, 2.24) is 10.0 Å². The van der Waals surface area contributed by atoms with Crippen LogP contribution >= 0.6 is 0 Å². The molecule has 0 aromatic heterocycles. The Hall–Kier alpha value is 0.287. The van der Waals surface area contributed by atoms with Gasteiger partial charge in [-0.05, 0) is 42.9 Å². The van der Waals surface area contributed by atoms with Crippen molar-refractivity contribution >= 4 is 18.1 Å². The number of hydrogen-bond donors (Lipinski definition) is 2. The Morgan fingerprint density at radius 1 is 1.31 bits per heavy atom. The van der Waals surface area contributed by atoms with E-state index in [0.29, 0.717) is 0 Å². The molecule has 1 atom stereocenters. The number of nitrogens with one attached hydrogen (secondary N) is 2. The Kier molecular flexibility index (Phi) is 5.35. The molecule has 3 nitrogen and oxygen atoms in total. The van der Waals surface area contributed by atoms with Crippen LogP contribution in [-0.2, 0) is 9.12 Å². The van der Waals surface area contributed by atoms with Crippen molar-refractivity contribution in [3.63, 3.8) is 0 Å². The van der Waals surface area contributed by atoms with Crippen molar-refractivity contribution in [2.24, 2.45) is 0 Å². The van der Waals surface area contributed by atoms with E-state index in [2.05, 4.69) is 30.8 Å². The summed E-state index contributed by atoms with van der Waals surface area (Å²) in [5.74, 6) is 0. The Labute approximate surface area is 84.8 Å². The molecule has 0 fully saturated rings. The maximum atomic E-state index is 11.2. The van der Waals surface area contributed by atoms with Gasteiger partial charge in [0.15, 0.2) is 0 Å². The van der Waals surface area contributed by atoms with E-state index in [0.717, 1.165) is 19.5 Å². The number of rotatable bonds is 5. The summed E-state index contributed by atoms with van der Waals surface area (Å²) in [6, 6.07) is 0. The molecule has 5 heteroatoms. The van der Waals surface area contributed by atoms with Gasteiger partial charge in [0.1, 0.15) is 0 Å². The largest absolute Gasteiger partial charge is 0.312 e. The van der Waals surface area contributed by atoms with Crippen LogP contribution in [0.5, 0.6) is 0 Å². The van der Waals surface area contributed by atoms with Crippen molar-refractivity contribution < 1.29 is 4.21 Å². The van der Waals surface area contributed by atoms with Gasteiger partial charge in [-0.15, -0.1) is 0 Å². The molecule has 0 heterocycles. The van der Waals surface area contributed by atoms with Crippen molar-refractivity contribution in [3.05, 3.63) is 0 Å². The quantitative estimate of drug-likeness (QED) is 0.497. The first-order chi connectivity index (χ1) is 5.71. The van der Waals surface area contributed by atoms with Gasteiger partial charge in [-0.25, -0.2) is 0 Å². The van der Waals surface area contributed by atoms with Gasteiger partial charge >= 0.3 is 0 Å². The lowest BCUT2D eigenvalue weighted by Gasteiger charge is -2.20. The van der Waals surface area contributed by atoms with Crippen LogP contribution in [0.25, 0.3) is 0 Å². The van der Waals surface area contributed by atoms with Gasteiger partial charge in [-0.3, -0.25) is 8.93 Å². The molecule has 0 aromatic carbocycles. The predicted octanol–water partition coefficient (Wildman–Crippen LogP) is -0.268. The molecule has 0 saturated carbocycles. The lowest BCUT2D eigenvalue weighted by Crippen LogP contribution is -2.37. The Balaban J connectivity index is 3.39. The normalized spacial score (nSPS) is 16.9. The fraction of sp³-hybridized carbons (Fsp3) is 1.00. The molecule has 0 spiro atoms. The van der Waals surface area contributed by atoms with E-state index in [1.54, 1.807) is 6.26 Å². The van der Waals surface area contributed by atoms with Crippen LogP contribution in [0.15, 0.2) is 0 Å². The van der Waals surface area contributed by atoms with Crippen molar-refractivity contribution in [2.45, 2.75) is 32.7 Å². The first-order valence-corrected chi connectivity index (χ1v) is 8.39. The molecule has 0 radical (unpaired) electrons. The summed E-state index contributed by atoms with van der Waals surface area (Å²) >= 11 is 0. The van der Waals surface area contributed by atoms with Crippen LogP contribution in [0.3, 0.4) is 0 Å². The van der Waals surface area contributed by atoms with Gasteiger partial charge < -0.3 is 5.32 Å². The molecule has 0 aromatic rings. The molecule has 2 N–H and O–H groups in total. The fourth-order valence-corrected chi connectivity index (χ4v) is 1.85. The zero-order valence-electron chi connectivity index (χ0n) is 9.14. The third kappa shape index (κ3) is 12.3. The molecule has 80 valence electrons. The molecule has 0 bridgehead atoms. The highest BCUT2D eigenvalue weighted by Crippen LogP contribution is 1.97. The smallest absolute Gasteiger partial charge is 0.0670 e. The fourth-order valence-electron chi connectivity index (χ4n) is 0.840. The molecular weight excluding hydrogens is 200 g/mol. The minimum Gasteiger partial charge on any atom is -0.312 e. The SMILES string of the molecule is CC(C)(C)NCCCNS(C)(=O)=[SiH2]. The molecule has 0 aliphatic heterocycles. The van der Waals surface area contributed by atoms with Crippen LogP contribution in [0.4, 0.5) is 0 Å². The van der Waals surface area contributed by atoms with E-state index < -0.39 is 9.12 Å². The molecule has 0 rings (SSSR count). The molecule has 1 unspecified atom stereocenters. The van der Waals surface area contributed by atoms with Gasteiger partial charge in [0, 0.05) is 18.3 Å². The highest BCUT2D eigenvalue weighted by Gasteiger charge is 2.06. The maximum absolute atomic E-state index is 11.2. The summed E-state index contributed by atoms with van der Waals surface area (Å²) in [7, 11) is -0.212. The molecule has 0 aliphatic rings. The minimum absolute atomic E-state index is 0.182. The average Bonchev–Trinajstić information content (AvgIpc) is 1.81. The monoisotopic (exact) mass is 222 g/mol. The molecule has 0 amide bonds. The molecular formula is C8H22N2OSSi. The van der Waals surface area contributed by atoms with Gasteiger partial charge in [-0.2, -0.15) is 0 Å². The third-order valence-electron chi connectivity index (χ3n) is 1.42. The average molecular weight is 222 g/mol. The van der Waals surface area contributed by atoms with E-state index in [9.17, 15) is 4.21 Å². The molecule has 13 heavy (non-hydrogen) atoms. The van der Waals surface area contributed by atoms with E-state index in [1.807, 2.05) is 0 Å². The van der Waals surface area contributed by atoms with Gasteiger partial charge in [-0.1, -0.05) is 0 Å². The summed E-state index contributed by atoms with van der Waals surface area (Å²) in [5.41, 5.74) is 0.182. The van der Waals surface area contributed by atoms with Crippen molar-refractivity contribution in [1.29, 1.82) is 0 Å².